The van der Waals surface area contributed by atoms with Crippen LogP contribution in [-0.2, 0) is 11.5 Å². The number of rotatable bonds is 5. The number of benzene rings is 1. The first-order valence-electron chi connectivity index (χ1n) is 6.31. The Hall–Kier alpha value is -2.34. The Morgan fingerprint density at radius 2 is 2.05 bits per heavy atom. The van der Waals surface area contributed by atoms with Crippen molar-refractivity contribution in [3.8, 4) is 5.75 Å². The third kappa shape index (κ3) is 2.04. The first-order chi connectivity index (χ1) is 9.52. The predicted molar refractivity (Wildman–Crippen MR) is 75.6 cm³/mol. The van der Waals surface area contributed by atoms with Crippen LogP contribution >= 0.6 is 0 Å². The van der Waals surface area contributed by atoms with E-state index in [1.54, 1.807) is 17.6 Å². The minimum Gasteiger partial charge on any atom is -0.493 e. The largest absolute Gasteiger partial charge is 0.493 e. The predicted octanol–water partition coefficient (Wildman–Crippen LogP) is 0.933. The number of nitrogens with two attached hydrogens (primary N) is 2. The molecule has 0 aliphatic carbocycles. The van der Waals surface area contributed by atoms with Crippen molar-refractivity contribution in [3.63, 3.8) is 0 Å². The minimum absolute atomic E-state index is 0.198. The third-order valence-electron chi connectivity index (χ3n) is 3.24. The van der Waals surface area contributed by atoms with Crippen LogP contribution in [0.1, 0.15) is 23.0 Å². The Kier molecular flexibility index (Phi) is 3.76. The highest BCUT2D eigenvalue weighted by Gasteiger charge is 2.25. The molecule has 2 rings (SSSR count). The molecule has 0 aliphatic rings. The van der Waals surface area contributed by atoms with Crippen LogP contribution in [0.3, 0.4) is 0 Å². The van der Waals surface area contributed by atoms with Gasteiger partial charge >= 0.3 is 0 Å². The van der Waals surface area contributed by atoms with Gasteiger partial charge in [-0.05, 0) is 26.0 Å². The highest BCUT2D eigenvalue weighted by molar-refractivity contribution is 6.45. The molecule has 0 spiro atoms. The van der Waals surface area contributed by atoms with Crippen LogP contribution < -0.4 is 16.2 Å². The van der Waals surface area contributed by atoms with E-state index in [2.05, 4.69) is 0 Å². The Balaban J connectivity index is 2.87. The van der Waals surface area contributed by atoms with Gasteiger partial charge in [-0.1, -0.05) is 6.07 Å². The lowest BCUT2D eigenvalue weighted by atomic mass is 10.1. The van der Waals surface area contributed by atoms with Gasteiger partial charge in [0.2, 0.25) is 0 Å². The van der Waals surface area contributed by atoms with E-state index in [0.29, 0.717) is 23.4 Å². The van der Waals surface area contributed by atoms with Gasteiger partial charge in [0, 0.05) is 5.69 Å². The lowest BCUT2D eigenvalue weighted by Gasteiger charge is -2.06. The highest BCUT2D eigenvalue weighted by atomic mass is 16.5. The van der Waals surface area contributed by atoms with Crippen LogP contribution in [0.25, 0.3) is 10.9 Å². The first-order valence-corrected chi connectivity index (χ1v) is 6.31. The van der Waals surface area contributed by atoms with Gasteiger partial charge in [-0.3, -0.25) is 9.59 Å². The minimum atomic E-state index is -0.990. The number of nitrogens with zero attached hydrogens (tertiary/aromatic N) is 1. The molecule has 0 unspecified atom stereocenters. The summed E-state index contributed by atoms with van der Waals surface area (Å²) in [6.07, 6.45) is 0. The van der Waals surface area contributed by atoms with Crippen molar-refractivity contribution in [2.75, 3.05) is 6.61 Å². The second kappa shape index (κ2) is 5.34. The molecule has 1 aromatic heterocycles. The van der Waals surface area contributed by atoms with Crippen molar-refractivity contribution in [2.45, 2.75) is 20.5 Å². The Labute approximate surface area is 116 Å². The number of Topliss-reactive ketones (excluding diaryl/α,β-unsaturated/α-hetero) is 1. The number of amides is 1. The second-order valence-corrected chi connectivity index (χ2v) is 4.35. The average Bonchev–Trinajstić information content (AvgIpc) is 2.70. The quantitative estimate of drug-likeness (QED) is 0.626. The molecule has 2 aromatic rings. The summed E-state index contributed by atoms with van der Waals surface area (Å²) in [4.78, 5) is 23.3. The van der Waals surface area contributed by atoms with Crippen LogP contribution in [0.5, 0.6) is 5.75 Å². The molecule has 0 aliphatic heterocycles. The number of ketones is 1. The number of aromatic nitrogens is 1. The number of primary amides is 1. The summed E-state index contributed by atoms with van der Waals surface area (Å²) in [5.41, 5.74) is 12.5. The Bertz CT molecular complexity index is 689. The van der Waals surface area contributed by atoms with Crippen LogP contribution in [-0.4, -0.2) is 22.9 Å². The van der Waals surface area contributed by atoms with E-state index in [4.69, 9.17) is 16.2 Å². The van der Waals surface area contributed by atoms with Crippen molar-refractivity contribution in [1.82, 2.24) is 4.57 Å². The number of hydrogen-bond acceptors (Lipinski definition) is 4. The van der Waals surface area contributed by atoms with Gasteiger partial charge in [-0.25, -0.2) is 0 Å². The standard InChI is InChI=1S/C14H17N3O3/c1-3-20-10-6-4-5-9-12(10)11(13(18)14(16)19)8(2)17(9)7-15/h4-6H,3,7,15H2,1-2H3,(H2,16,19). The van der Waals surface area contributed by atoms with E-state index in [1.807, 2.05) is 19.1 Å². The van der Waals surface area contributed by atoms with E-state index < -0.39 is 11.7 Å². The molecule has 0 saturated heterocycles. The molecule has 106 valence electrons. The molecule has 1 amide bonds. The zero-order valence-electron chi connectivity index (χ0n) is 11.5. The molecular weight excluding hydrogens is 258 g/mol. The number of hydrogen-bond donors (Lipinski definition) is 2. The van der Waals surface area contributed by atoms with Gasteiger partial charge in [0.05, 0.1) is 29.7 Å². The highest BCUT2D eigenvalue weighted by Crippen LogP contribution is 2.33. The maximum Gasteiger partial charge on any atom is 0.289 e. The summed E-state index contributed by atoms with van der Waals surface area (Å²) < 4.78 is 7.30. The summed E-state index contributed by atoms with van der Waals surface area (Å²) in [5.74, 6) is -1.17. The molecule has 0 fully saturated rings. The SMILES string of the molecule is CCOc1cccc2c1c(C(=O)C(N)=O)c(C)n2CN. The lowest BCUT2D eigenvalue weighted by Crippen LogP contribution is -2.24. The van der Waals surface area contributed by atoms with Gasteiger partial charge in [-0.15, -0.1) is 0 Å². The normalized spacial score (nSPS) is 10.8. The fourth-order valence-electron chi connectivity index (χ4n) is 2.40. The van der Waals surface area contributed by atoms with Crippen LogP contribution in [0.2, 0.25) is 0 Å². The molecule has 4 N–H and O–H groups in total. The Morgan fingerprint density at radius 3 is 2.60 bits per heavy atom. The van der Waals surface area contributed by atoms with E-state index in [1.165, 1.54) is 0 Å². The van der Waals surface area contributed by atoms with Crippen LogP contribution in [0, 0.1) is 6.92 Å². The van der Waals surface area contributed by atoms with E-state index >= 15 is 0 Å². The zero-order valence-corrected chi connectivity index (χ0v) is 11.5. The molecular formula is C14H17N3O3. The molecule has 0 bridgehead atoms. The molecule has 20 heavy (non-hydrogen) atoms. The fraction of sp³-hybridized carbons (Fsp3) is 0.286. The van der Waals surface area contributed by atoms with E-state index in [9.17, 15) is 9.59 Å². The van der Waals surface area contributed by atoms with Gasteiger partial charge in [0.25, 0.3) is 11.7 Å². The van der Waals surface area contributed by atoms with Crippen LogP contribution in [0.4, 0.5) is 0 Å². The number of fused-ring (bicyclic) bond motifs is 1. The number of carbonyl (C=O) groups excluding carboxylic acids is 2. The Morgan fingerprint density at radius 1 is 1.35 bits per heavy atom. The van der Waals surface area contributed by atoms with Crippen molar-refractivity contribution < 1.29 is 14.3 Å². The van der Waals surface area contributed by atoms with Crippen LogP contribution in [0.15, 0.2) is 18.2 Å². The third-order valence-corrected chi connectivity index (χ3v) is 3.24. The van der Waals surface area contributed by atoms with Gasteiger partial charge in [-0.2, -0.15) is 0 Å². The van der Waals surface area contributed by atoms with Gasteiger partial charge in [0.15, 0.2) is 0 Å². The number of carbonyl (C=O) groups is 2. The van der Waals surface area contributed by atoms with Crippen molar-refractivity contribution >= 4 is 22.6 Å². The molecule has 0 atom stereocenters. The molecule has 1 aromatic carbocycles. The summed E-state index contributed by atoms with van der Waals surface area (Å²) in [6.45, 7) is 4.24. The molecule has 6 heteroatoms. The monoisotopic (exact) mass is 275 g/mol. The molecule has 6 nitrogen and oxygen atoms in total. The van der Waals surface area contributed by atoms with Crippen molar-refractivity contribution in [1.29, 1.82) is 0 Å². The zero-order chi connectivity index (χ0) is 14.9. The molecule has 0 saturated carbocycles. The maximum absolute atomic E-state index is 12.1. The topological polar surface area (TPSA) is 100 Å². The fourth-order valence-corrected chi connectivity index (χ4v) is 2.40. The van der Waals surface area contributed by atoms with E-state index in [-0.39, 0.29) is 12.2 Å². The van der Waals surface area contributed by atoms with E-state index in [0.717, 1.165) is 5.52 Å². The summed E-state index contributed by atoms with van der Waals surface area (Å²) >= 11 is 0. The molecule has 0 radical (unpaired) electrons. The molecule has 1 heterocycles. The first kappa shape index (κ1) is 14.1. The lowest BCUT2D eigenvalue weighted by molar-refractivity contribution is -0.114. The van der Waals surface area contributed by atoms with Gasteiger partial charge in [0.1, 0.15) is 5.75 Å². The maximum atomic E-state index is 12.1. The smallest absolute Gasteiger partial charge is 0.289 e. The second-order valence-electron chi connectivity index (χ2n) is 4.35. The van der Waals surface area contributed by atoms with Crippen molar-refractivity contribution in [3.05, 3.63) is 29.5 Å². The number of ether oxygens (including phenoxy) is 1. The summed E-state index contributed by atoms with van der Waals surface area (Å²) in [7, 11) is 0. The summed E-state index contributed by atoms with van der Waals surface area (Å²) in [6, 6.07) is 5.40. The van der Waals surface area contributed by atoms with Gasteiger partial charge < -0.3 is 20.8 Å². The average molecular weight is 275 g/mol. The summed E-state index contributed by atoms with van der Waals surface area (Å²) in [5, 5.41) is 0.584. The van der Waals surface area contributed by atoms with Crippen molar-refractivity contribution in [2.24, 2.45) is 11.5 Å².